The van der Waals surface area contributed by atoms with E-state index in [1.165, 1.54) is 6.42 Å². The minimum absolute atomic E-state index is 0.295. The highest BCUT2D eigenvalue weighted by atomic mass is 16.4. The van der Waals surface area contributed by atoms with Crippen LogP contribution in [0.1, 0.15) is 47.6 Å². The zero-order chi connectivity index (χ0) is 19.0. The largest absolute Gasteiger partial charge is 0.411 e. The van der Waals surface area contributed by atoms with Crippen molar-refractivity contribution >= 4 is 11.8 Å². The third-order valence-corrected chi connectivity index (χ3v) is 5.96. The Balaban J connectivity index is 1.61. The Morgan fingerprint density at radius 1 is 1.07 bits per heavy atom. The van der Waals surface area contributed by atoms with Crippen molar-refractivity contribution in [2.45, 2.75) is 31.1 Å². The van der Waals surface area contributed by atoms with Crippen LogP contribution in [0.4, 0.5) is 0 Å². The maximum Gasteiger partial charge on any atom is 0.117 e. The van der Waals surface area contributed by atoms with Crippen molar-refractivity contribution < 1.29 is 5.21 Å². The number of hydrogen-bond acceptors (Lipinski definition) is 5. The third-order valence-electron chi connectivity index (χ3n) is 5.96. The average molecular weight is 371 g/mol. The first-order valence-electron chi connectivity index (χ1n) is 9.63. The second-order valence-electron chi connectivity index (χ2n) is 7.49. The molecule has 1 fully saturated rings. The summed E-state index contributed by atoms with van der Waals surface area (Å²) in [5.41, 5.74) is 4.89. The summed E-state index contributed by atoms with van der Waals surface area (Å²) in [4.78, 5) is 9.29. The monoisotopic (exact) mass is 371 g/mol. The highest BCUT2D eigenvalue weighted by Gasteiger charge is 2.40. The highest BCUT2D eigenvalue weighted by molar-refractivity contribution is 6.03. The van der Waals surface area contributed by atoms with Crippen LogP contribution in [0, 0.1) is 5.92 Å². The Morgan fingerprint density at radius 3 is 2.32 bits per heavy atom. The SMILES string of the molecule is ON=C(c1n[nH]c2c1C=CC(c1ccccn1)(c1ccccn1)C2)C1CCC1. The quantitative estimate of drug-likeness (QED) is 0.416. The Kier molecular flexibility index (Phi) is 4.04. The molecule has 6 nitrogen and oxygen atoms in total. The molecule has 140 valence electrons. The Bertz CT molecular complexity index is 996. The molecule has 3 heterocycles. The van der Waals surface area contributed by atoms with Crippen LogP contribution in [0.25, 0.3) is 6.08 Å². The van der Waals surface area contributed by atoms with Gasteiger partial charge in [0.05, 0.1) is 16.8 Å². The predicted octanol–water partition coefficient (Wildman–Crippen LogP) is 3.73. The second kappa shape index (κ2) is 6.71. The van der Waals surface area contributed by atoms with E-state index in [0.29, 0.717) is 18.1 Å². The van der Waals surface area contributed by atoms with Crippen molar-refractivity contribution in [1.82, 2.24) is 20.2 Å². The van der Waals surface area contributed by atoms with Crippen LogP contribution in [0.2, 0.25) is 0 Å². The fraction of sp³-hybridized carbons (Fsp3) is 0.273. The van der Waals surface area contributed by atoms with Gasteiger partial charge in [0.1, 0.15) is 11.4 Å². The molecular weight excluding hydrogens is 350 g/mol. The lowest BCUT2D eigenvalue weighted by atomic mass is 9.72. The van der Waals surface area contributed by atoms with Crippen molar-refractivity contribution in [2.75, 3.05) is 0 Å². The molecule has 0 radical (unpaired) electrons. The van der Waals surface area contributed by atoms with Crippen LogP contribution < -0.4 is 0 Å². The Morgan fingerprint density at radius 2 is 1.79 bits per heavy atom. The standard InChI is InChI=1S/C22H21N5O/c28-27-20(15-6-5-7-15)21-16-10-11-22(14-17(16)25-26-21,18-8-1-3-12-23-18)19-9-2-4-13-24-19/h1-4,8-13,15,28H,5-7,14H2,(H,25,26). The van der Waals surface area contributed by atoms with E-state index in [2.05, 4.69) is 37.5 Å². The van der Waals surface area contributed by atoms with Crippen LogP contribution in [0.5, 0.6) is 0 Å². The lowest BCUT2D eigenvalue weighted by molar-refractivity contribution is 0.305. The predicted molar refractivity (Wildman–Crippen MR) is 106 cm³/mol. The van der Waals surface area contributed by atoms with Gasteiger partial charge in [0.25, 0.3) is 0 Å². The minimum Gasteiger partial charge on any atom is -0.411 e. The molecule has 0 spiro atoms. The molecule has 0 atom stereocenters. The number of pyridine rings is 2. The second-order valence-corrected chi connectivity index (χ2v) is 7.49. The first kappa shape index (κ1) is 16.9. The highest BCUT2D eigenvalue weighted by Crippen LogP contribution is 2.41. The van der Waals surface area contributed by atoms with Gasteiger partial charge >= 0.3 is 0 Å². The van der Waals surface area contributed by atoms with Gasteiger partial charge in [-0.3, -0.25) is 15.1 Å². The molecule has 1 saturated carbocycles. The van der Waals surface area contributed by atoms with Gasteiger partial charge in [-0.05, 0) is 37.1 Å². The molecule has 3 aromatic heterocycles. The summed E-state index contributed by atoms with van der Waals surface area (Å²) in [6.07, 6.45) is 11.8. The van der Waals surface area contributed by atoms with Crippen molar-refractivity contribution in [2.24, 2.45) is 11.1 Å². The number of oxime groups is 1. The van der Waals surface area contributed by atoms with Crippen LogP contribution in [0.15, 0.2) is 60.0 Å². The maximum atomic E-state index is 9.58. The van der Waals surface area contributed by atoms with Gasteiger partial charge < -0.3 is 5.21 Å². The molecular formula is C22H21N5O. The van der Waals surface area contributed by atoms with Gasteiger partial charge in [0.2, 0.25) is 0 Å². The number of aromatic nitrogens is 4. The molecule has 0 bridgehead atoms. The van der Waals surface area contributed by atoms with E-state index in [9.17, 15) is 5.21 Å². The van der Waals surface area contributed by atoms with Gasteiger partial charge in [0, 0.05) is 36.0 Å². The van der Waals surface area contributed by atoms with Crippen molar-refractivity contribution in [1.29, 1.82) is 0 Å². The van der Waals surface area contributed by atoms with Gasteiger partial charge in [-0.2, -0.15) is 5.10 Å². The first-order chi connectivity index (χ1) is 13.8. The summed E-state index contributed by atoms with van der Waals surface area (Å²) in [5.74, 6) is 0.295. The van der Waals surface area contributed by atoms with Crippen LogP contribution in [0.3, 0.4) is 0 Å². The third kappa shape index (κ3) is 2.56. The summed E-state index contributed by atoms with van der Waals surface area (Å²) in [6.45, 7) is 0. The van der Waals surface area contributed by atoms with Crippen molar-refractivity contribution in [3.63, 3.8) is 0 Å². The lowest BCUT2D eigenvalue weighted by Crippen LogP contribution is -2.32. The van der Waals surface area contributed by atoms with E-state index in [0.717, 1.165) is 41.2 Å². The fourth-order valence-corrected chi connectivity index (χ4v) is 4.20. The number of hydrogen-bond donors (Lipinski definition) is 2. The molecule has 2 aliphatic carbocycles. The minimum atomic E-state index is -0.466. The molecule has 2 N–H and O–H groups in total. The molecule has 0 aromatic carbocycles. The van der Waals surface area contributed by atoms with E-state index in [1.54, 1.807) is 0 Å². The maximum absolute atomic E-state index is 9.58. The molecule has 0 aliphatic heterocycles. The van der Waals surface area contributed by atoms with E-state index in [4.69, 9.17) is 0 Å². The smallest absolute Gasteiger partial charge is 0.117 e. The van der Waals surface area contributed by atoms with Crippen molar-refractivity contribution in [3.8, 4) is 0 Å². The summed E-state index contributed by atoms with van der Waals surface area (Å²) >= 11 is 0. The van der Waals surface area contributed by atoms with Crippen LogP contribution in [-0.2, 0) is 11.8 Å². The molecule has 0 saturated heterocycles. The Labute approximate surface area is 163 Å². The number of nitrogens with zero attached hydrogens (tertiary/aromatic N) is 4. The molecule has 28 heavy (non-hydrogen) atoms. The number of aromatic amines is 1. The van der Waals surface area contributed by atoms with Gasteiger partial charge in [-0.15, -0.1) is 0 Å². The Hall–Kier alpha value is -3.28. The summed E-state index contributed by atoms with van der Waals surface area (Å²) in [6, 6.07) is 11.9. The molecule has 2 aliphatic rings. The van der Waals surface area contributed by atoms with E-state index in [-0.39, 0.29) is 0 Å². The number of nitrogens with one attached hydrogen (secondary N) is 1. The van der Waals surface area contributed by atoms with E-state index >= 15 is 0 Å². The van der Waals surface area contributed by atoms with Crippen LogP contribution in [-0.4, -0.2) is 31.1 Å². The topological polar surface area (TPSA) is 87.0 Å². The molecule has 0 amide bonds. The van der Waals surface area contributed by atoms with Gasteiger partial charge in [-0.25, -0.2) is 0 Å². The summed E-state index contributed by atoms with van der Waals surface area (Å²) in [7, 11) is 0. The number of rotatable bonds is 4. The molecule has 0 unspecified atom stereocenters. The van der Waals surface area contributed by atoms with E-state index < -0.39 is 5.41 Å². The number of allylic oxidation sites excluding steroid dienone is 1. The van der Waals surface area contributed by atoms with Crippen LogP contribution >= 0.6 is 0 Å². The molecule has 3 aromatic rings. The number of H-pyrrole nitrogens is 1. The number of fused-ring (bicyclic) bond motifs is 1. The molecule has 5 rings (SSSR count). The lowest BCUT2D eigenvalue weighted by Gasteiger charge is -2.32. The van der Waals surface area contributed by atoms with Gasteiger partial charge in [0.15, 0.2) is 0 Å². The van der Waals surface area contributed by atoms with Gasteiger partial charge in [-0.1, -0.05) is 35.9 Å². The first-order valence-corrected chi connectivity index (χ1v) is 9.63. The summed E-state index contributed by atoms with van der Waals surface area (Å²) in [5, 5.41) is 20.9. The summed E-state index contributed by atoms with van der Waals surface area (Å²) < 4.78 is 0. The molecule has 6 heteroatoms. The zero-order valence-corrected chi connectivity index (χ0v) is 15.4. The van der Waals surface area contributed by atoms with Crippen molar-refractivity contribution in [3.05, 3.63) is 83.2 Å². The average Bonchev–Trinajstić information content (AvgIpc) is 3.14. The normalized spacial score (nSPS) is 18.5. The van der Waals surface area contributed by atoms with E-state index in [1.807, 2.05) is 48.8 Å². The zero-order valence-electron chi connectivity index (χ0n) is 15.4. The fourth-order valence-electron chi connectivity index (χ4n) is 4.20.